The lowest BCUT2D eigenvalue weighted by atomic mass is 9.88. The summed E-state index contributed by atoms with van der Waals surface area (Å²) in [4.78, 5) is 18.9. The maximum Gasteiger partial charge on any atom is 0.235 e. The molecule has 1 aliphatic rings. The highest BCUT2D eigenvalue weighted by Gasteiger charge is 2.35. The molecule has 1 saturated carbocycles. The number of aromatic nitrogens is 1. The van der Waals surface area contributed by atoms with E-state index in [2.05, 4.69) is 9.98 Å². The fourth-order valence-electron chi connectivity index (χ4n) is 2.80. The zero-order chi connectivity index (χ0) is 13.1. The van der Waals surface area contributed by atoms with Crippen LogP contribution in [0.2, 0.25) is 0 Å². The first-order chi connectivity index (χ1) is 9.34. The summed E-state index contributed by atoms with van der Waals surface area (Å²) in [6.45, 7) is 0. The van der Waals surface area contributed by atoms with Gasteiger partial charge in [-0.25, -0.2) is 9.78 Å². The molecule has 4 heteroatoms. The van der Waals surface area contributed by atoms with Gasteiger partial charge in [-0.05, 0) is 30.5 Å². The zero-order valence-electron chi connectivity index (χ0n) is 10.5. The second-order valence-corrected chi connectivity index (χ2v) is 4.86. The molecule has 2 aromatic rings. The predicted molar refractivity (Wildman–Crippen MR) is 70.2 cm³/mol. The third kappa shape index (κ3) is 2.11. The summed E-state index contributed by atoms with van der Waals surface area (Å²) >= 11 is 0. The summed E-state index contributed by atoms with van der Waals surface area (Å²) in [5.41, 5.74) is 1.64. The Morgan fingerprint density at radius 1 is 1.21 bits per heavy atom. The van der Waals surface area contributed by atoms with Gasteiger partial charge in [0, 0.05) is 5.56 Å². The smallest absolute Gasteiger partial charge is 0.235 e. The molecule has 0 spiro atoms. The van der Waals surface area contributed by atoms with Crippen molar-refractivity contribution in [1.82, 2.24) is 4.98 Å². The van der Waals surface area contributed by atoms with E-state index in [1.165, 1.54) is 0 Å². The Hall–Kier alpha value is -2.19. The molecule has 0 unspecified atom stereocenters. The van der Waals surface area contributed by atoms with Crippen molar-refractivity contribution in [3.05, 3.63) is 42.3 Å². The second kappa shape index (κ2) is 4.82. The molecular formula is C15H14N2O2. The number of benzene rings is 1. The molecule has 0 N–H and O–H groups in total. The van der Waals surface area contributed by atoms with Gasteiger partial charge in [-0.1, -0.05) is 25.0 Å². The van der Waals surface area contributed by atoms with Crippen molar-refractivity contribution in [3.63, 3.8) is 0 Å². The van der Waals surface area contributed by atoms with Gasteiger partial charge in [0.25, 0.3) is 0 Å². The van der Waals surface area contributed by atoms with E-state index in [9.17, 15) is 4.79 Å². The largest absolute Gasteiger partial charge is 0.445 e. The van der Waals surface area contributed by atoms with E-state index in [1.807, 2.05) is 24.3 Å². The van der Waals surface area contributed by atoms with E-state index in [1.54, 1.807) is 18.5 Å². The fourth-order valence-corrected chi connectivity index (χ4v) is 2.80. The highest BCUT2D eigenvalue weighted by atomic mass is 16.3. The van der Waals surface area contributed by atoms with Crippen molar-refractivity contribution in [2.24, 2.45) is 4.99 Å². The van der Waals surface area contributed by atoms with Gasteiger partial charge in [0.05, 0.1) is 11.7 Å². The molecule has 0 aliphatic heterocycles. The number of hydrogen-bond donors (Lipinski definition) is 0. The molecule has 0 bridgehead atoms. The molecule has 3 rings (SSSR count). The summed E-state index contributed by atoms with van der Waals surface area (Å²) in [5, 5.41) is 0. The number of oxazole rings is 1. The number of nitrogens with zero attached hydrogens (tertiary/aromatic N) is 2. The van der Waals surface area contributed by atoms with Crippen molar-refractivity contribution in [2.45, 2.75) is 31.2 Å². The van der Waals surface area contributed by atoms with Crippen LogP contribution >= 0.6 is 0 Å². The van der Waals surface area contributed by atoms with Gasteiger partial charge in [-0.15, -0.1) is 0 Å². The number of carbonyl (C=O) groups excluding carboxylic acids is 1. The van der Waals surface area contributed by atoms with Gasteiger partial charge in [-0.2, -0.15) is 4.99 Å². The van der Waals surface area contributed by atoms with Crippen LogP contribution in [0.1, 0.15) is 31.2 Å². The maximum absolute atomic E-state index is 10.7. The SMILES string of the molecule is O=C=NC1(c2ccc(-c3ncco3)cc2)CCCC1. The van der Waals surface area contributed by atoms with Crippen LogP contribution in [0, 0.1) is 0 Å². The standard InChI is InChI=1S/C15H14N2O2/c18-11-17-15(7-1-2-8-15)13-5-3-12(4-6-13)14-16-9-10-19-14/h3-6,9-10H,1-2,7-8H2. The molecule has 0 amide bonds. The molecule has 4 nitrogen and oxygen atoms in total. The van der Waals surface area contributed by atoms with Crippen LogP contribution in [0.4, 0.5) is 0 Å². The fraction of sp³-hybridized carbons (Fsp3) is 0.333. The third-order valence-corrected chi connectivity index (χ3v) is 3.79. The molecule has 96 valence electrons. The maximum atomic E-state index is 10.7. The molecule has 0 radical (unpaired) electrons. The van der Waals surface area contributed by atoms with Gasteiger partial charge in [0.1, 0.15) is 6.26 Å². The minimum absolute atomic E-state index is 0.364. The highest BCUT2D eigenvalue weighted by molar-refractivity contribution is 5.54. The summed E-state index contributed by atoms with van der Waals surface area (Å²) in [7, 11) is 0. The highest BCUT2D eigenvalue weighted by Crippen LogP contribution is 2.42. The van der Waals surface area contributed by atoms with E-state index < -0.39 is 0 Å². The Bertz CT molecular complexity index is 590. The van der Waals surface area contributed by atoms with Gasteiger partial charge in [0.15, 0.2) is 0 Å². The predicted octanol–water partition coefficient (Wildman–Crippen LogP) is 3.45. The van der Waals surface area contributed by atoms with Crippen molar-refractivity contribution in [2.75, 3.05) is 0 Å². The number of hydrogen-bond acceptors (Lipinski definition) is 4. The van der Waals surface area contributed by atoms with Crippen LogP contribution in [0.3, 0.4) is 0 Å². The van der Waals surface area contributed by atoms with Crippen LogP contribution in [-0.4, -0.2) is 11.1 Å². The van der Waals surface area contributed by atoms with Crippen LogP contribution in [-0.2, 0) is 10.3 Å². The molecule has 1 aromatic carbocycles. The van der Waals surface area contributed by atoms with E-state index in [0.29, 0.717) is 5.89 Å². The number of isocyanates is 1. The Balaban J connectivity index is 1.95. The Morgan fingerprint density at radius 2 is 1.95 bits per heavy atom. The van der Waals surface area contributed by atoms with Gasteiger partial charge in [0.2, 0.25) is 12.0 Å². The van der Waals surface area contributed by atoms with Crippen molar-refractivity contribution in [1.29, 1.82) is 0 Å². The van der Waals surface area contributed by atoms with Crippen molar-refractivity contribution >= 4 is 6.08 Å². The molecule has 1 aromatic heterocycles. The first-order valence-corrected chi connectivity index (χ1v) is 6.43. The van der Waals surface area contributed by atoms with Crippen LogP contribution in [0.25, 0.3) is 11.5 Å². The summed E-state index contributed by atoms with van der Waals surface area (Å²) in [6, 6.07) is 7.93. The zero-order valence-corrected chi connectivity index (χ0v) is 10.5. The van der Waals surface area contributed by atoms with Gasteiger partial charge in [-0.3, -0.25) is 0 Å². The Labute approximate surface area is 111 Å². The van der Waals surface area contributed by atoms with Gasteiger partial charge < -0.3 is 4.42 Å². The Kier molecular flexibility index (Phi) is 3.02. The lowest BCUT2D eigenvalue weighted by molar-refractivity contribution is 0.456. The lowest BCUT2D eigenvalue weighted by Crippen LogP contribution is -2.18. The summed E-state index contributed by atoms with van der Waals surface area (Å²) in [5.74, 6) is 0.603. The van der Waals surface area contributed by atoms with Crippen molar-refractivity contribution < 1.29 is 9.21 Å². The molecule has 1 aliphatic carbocycles. The first-order valence-electron chi connectivity index (χ1n) is 6.43. The molecule has 0 atom stereocenters. The van der Waals surface area contributed by atoms with Crippen LogP contribution in [0.15, 0.2) is 46.1 Å². The Morgan fingerprint density at radius 3 is 2.53 bits per heavy atom. The molecular weight excluding hydrogens is 240 g/mol. The van der Waals surface area contributed by atoms with Crippen LogP contribution in [0.5, 0.6) is 0 Å². The van der Waals surface area contributed by atoms with Crippen LogP contribution < -0.4 is 0 Å². The second-order valence-electron chi connectivity index (χ2n) is 4.86. The average molecular weight is 254 g/mol. The van der Waals surface area contributed by atoms with E-state index in [-0.39, 0.29) is 5.54 Å². The molecule has 19 heavy (non-hydrogen) atoms. The van der Waals surface area contributed by atoms with Crippen molar-refractivity contribution in [3.8, 4) is 11.5 Å². The molecule has 0 saturated heterocycles. The number of aliphatic imine (C=N–C) groups is 1. The molecule has 1 heterocycles. The first kappa shape index (κ1) is 11.9. The normalized spacial score (nSPS) is 17.1. The average Bonchev–Trinajstić information content (AvgIpc) is 3.11. The lowest BCUT2D eigenvalue weighted by Gasteiger charge is -2.22. The monoisotopic (exact) mass is 254 g/mol. The minimum atomic E-state index is -0.364. The van der Waals surface area contributed by atoms with E-state index in [0.717, 1.165) is 36.8 Å². The van der Waals surface area contributed by atoms with E-state index in [4.69, 9.17) is 4.42 Å². The third-order valence-electron chi connectivity index (χ3n) is 3.79. The summed E-state index contributed by atoms with van der Waals surface area (Å²) in [6.07, 6.45) is 8.95. The summed E-state index contributed by atoms with van der Waals surface area (Å²) < 4.78 is 5.26. The molecule has 1 fully saturated rings. The topological polar surface area (TPSA) is 55.5 Å². The van der Waals surface area contributed by atoms with E-state index >= 15 is 0 Å². The quantitative estimate of drug-likeness (QED) is 0.622. The minimum Gasteiger partial charge on any atom is -0.445 e. The van der Waals surface area contributed by atoms with Gasteiger partial charge >= 0.3 is 0 Å². The number of rotatable bonds is 3.